The second-order valence-corrected chi connectivity index (χ2v) is 18.4. The molecule has 0 spiro atoms. The zero-order chi connectivity index (χ0) is 28.1. The van der Waals surface area contributed by atoms with Crippen molar-refractivity contribution in [2.45, 2.75) is 84.3 Å². The summed E-state index contributed by atoms with van der Waals surface area (Å²) in [5, 5.41) is 4.08. The Bertz CT molecular complexity index is 1900. The molecule has 8 heteroatoms. The molecule has 4 unspecified atom stereocenters. The van der Waals surface area contributed by atoms with Crippen molar-refractivity contribution < 1.29 is 0 Å². The van der Waals surface area contributed by atoms with Crippen molar-refractivity contribution in [3.05, 3.63) is 79.3 Å². The molecule has 0 amide bonds. The van der Waals surface area contributed by atoms with Crippen molar-refractivity contribution >= 4 is 69.1 Å². The predicted molar refractivity (Wildman–Crippen MR) is 176 cm³/mol. The Morgan fingerprint density at radius 1 is 0.500 bits per heavy atom. The maximum Gasteiger partial charge on any atom is 0.135 e. The second kappa shape index (κ2) is 8.26. The Kier molecular flexibility index (Phi) is 4.94. The monoisotopic (exact) mass is 620 g/mol. The topological polar surface area (TPSA) is 51.6 Å². The second-order valence-electron chi connectivity index (χ2n) is 13.9. The molecule has 0 saturated carbocycles. The van der Waals surface area contributed by atoms with Crippen LogP contribution in [-0.2, 0) is 0 Å². The first kappa shape index (κ1) is 25.1. The van der Waals surface area contributed by atoms with Crippen LogP contribution in [-0.4, -0.2) is 19.9 Å². The average Bonchev–Trinajstić information content (AvgIpc) is 3.55. The first-order chi connectivity index (χ1) is 20.2. The first-order valence-electron chi connectivity index (χ1n) is 14.7. The SMILES string of the molecule is CC1(C)CC2C=CC1c1cc3nc4c(nc3cc12)S/C(=C1/Sc2nc3cc5c(cc3nc2S1)C1C=CC5CC1(C)C)S4. The van der Waals surface area contributed by atoms with Crippen LogP contribution in [0, 0.1) is 10.8 Å². The first-order valence-corrected chi connectivity index (χ1v) is 18.0. The lowest BCUT2D eigenvalue weighted by atomic mass is 9.59. The number of nitrogens with zero attached hydrogens (tertiary/aromatic N) is 4. The van der Waals surface area contributed by atoms with Gasteiger partial charge in [-0.1, -0.05) is 99.0 Å². The number of aromatic nitrogens is 4. The molecule has 0 fully saturated rings. The molecule has 4 atom stereocenters. The third kappa shape index (κ3) is 3.44. The third-order valence-corrected chi connectivity index (χ3v) is 15.5. The molecule has 42 heavy (non-hydrogen) atoms. The molecule has 208 valence electrons. The smallest absolute Gasteiger partial charge is 0.135 e. The minimum atomic E-state index is 0.289. The lowest BCUT2D eigenvalue weighted by molar-refractivity contribution is 0.251. The van der Waals surface area contributed by atoms with Crippen LogP contribution in [0.25, 0.3) is 22.1 Å². The molecular weight excluding hydrogens is 593 g/mol. The minimum Gasteiger partial charge on any atom is -0.237 e. The van der Waals surface area contributed by atoms with Crippen LogP contribution in [0.3, 0.4) is 0 Å². The molecule has 2 aromatic heterocycles. The van der Waals surface area contributed by atoms with Gasteiger partial charge in [-0.3, -0.25) is 0 Å². The fourth-order valence-corrected chi connectivity index (χ4v) is 13.1. The van der Waals surface area contributed by atoms with E-state index in [1.54, 1.807) is 47.0 Å². The summed E-state index contributed by atoms with van der Waals surface area (Å²) >= 11 is 7.02. The quantitative estimate of drug-likeness (QED) is 0.180. The van der Waals surface area contributed by atoms with Crippen molar-refractivity contribution in [3.8, 4) is 0 Å². The highest BCUT2D eigenvalue weighted by atomic mass is 32.2. The summed E-state index contributed by atoms with van der Waals surface area (Å²) < 4.78 is 2.49. The Morgan fingerprint density at radius 3 is 1.17 bits per heavy atom. The molecule has 2 aromatic carbocycles. The van der Waals surface area contributed by atoms with Gasteiger partial charge < -0.3 is 0 Å². The van der Waals surface area contributed by atoms with E-state index < -0.39 is 0 Å². The van der Waals surface area contributed by atoms with Gasteiger partial charge in [-0.15, -0.1) is 0 Å². The summed E-state index contributed by atoms with van der Waals surface area (Å²) in [7, 11) is 0. The molecule has 0 saturated heterocycles. The van der Waals surface area contributed by atoms with E-state index >= 15 is 0 Å². The van der Waals surface area contributed by atoms with E-state index in [2.05, 4.69) is 76.3 Å². The number of benzene rings is 2. The molecule has 2 aliphatic heterocycles. The van der Waals surface area contributed by atoms with E-state index in [9.17, 15) is 0 Å². The number of hydrogen-bond acceptors (Lipinski definition) is 8. The van der Waals surface area contributed by atoms with E-state index in [-0.39, 0.29) is 10.8 Å². The Hall–Kier alpha value is -2.26. The van der Waals surface area contributed by atoms with Crippen LogP contribution in [0.1, 0.15) is 86.5 Å². The van der Waals surface area contributed by atoms with Crippen LogP contribution < -0.4 is 0 Å². The molecule has 0 N–H and O–H groups in total. The zero-order valence-electron chi connectivity index (χ0n) is 23.8. The van der Waals surface area contributed by atoms with Gasteiger partial charge >= 0.3 is 0 Å². The molecule has 4 heterocycles. The molecule has 8 aliphatic rings. The molecule has 0 radical (unpaired) electrons. The Balaban J connectivity index is 0.994. The number of allylic oxidation sites excluding steroid dienone is 4. The lowest BCUT2D eigenvalue weighted by Crippen LogP contribution is -2.32. The zero-order valence-corrected chi connectivity index (χ0v) is 27.0. The van der Waals surface area contributed by atoms with Crippen LogP contribution in [0.5, 0.6) is 0 Å². The highest BCUT2D eigenvalue weighted by Crippen LogP contribution is 2.61. The van der Waals surface area contributed by atoms with Gasteiger partial charge in [-0.2, -0.15) is 0 Å². The maximum absolute atomic E-state index is 5.15. The molecule has 4 nitrogen and oxygen atoms in total. The summed E-state index contributed by atoms with van der Waals surface area (Å²) in [4.78, 5) is 20.6. The van der Waals surface area contributed by atoms with E-state index in [4.69, 9.17) is 19.9 Å². The largest absolute Gasteiger partial charge is 0.237 e. The van der Waals surface area contributed by atoms with Gasteiger partial charge in [0.15, 0.2) is 0 Å². The van der Waals surface area contributed by atoms with E-state index in [0.29, 0.717) is 23.7 Å². The van der Waals surface area contributed by atoms with Gasteiger partial charge in [0.2, 0.25) is 0 Å². The molecule has 4 bridgehead atoms. The average molecular weight is 621 g/mol. The molecule has 4 aromatic rings. The van der Waals surface area contributed by atoms with Crippen molar-refractivity contribution in [1.82, 2.24) is 19.9 Å². The van der Waals surface area contributed by atoms with Crippen LogP contribution >= 0.6 is 47.0 Å². The highest BCUT2D eigenvalue weighted by molar-refractivity contribution is 8.30. The normalized spacial score (nSPS) is 30.2. The summed E-state index contributed by atoms with van der Waals surface area (Å²) in [5.74, 6) is 1.90. The van der Waals surface area contributed by atoms with Crippen molar-refractivity contribution in [2.24, 2.45) is 10.8 Å². The summed E-state index contributed by atoms with van der Waals surface area (Å²) in [6, 6.07) is 9.29. The number of rotatable bonds is 0. The summed E-state index contributed by atoms with van der Waals surface area (Å²) in [5.41, 5.74) is 10.5. The molecular formula is C34H28N4S4. The van der Waals surface area contributed by atoms with Crippen LogP contribution in [0.2, 0.25) is 0 Å². The van der Waals surface area contributed by atoms with Crippen molar-refractivity contribution in [1.29, 1.82) is 0 Å². The number of hydrogen-bond donors (Lipinski definition) is 0. The van der Waals surface area contributed by atoms with Gasteiger partial charge in [0.1, 0.15) is 20.1 Å². The Labute approximate surface area is 262 Å². The molecule has 12 rings (SSSR count). The molecule has 6 aliphatic carbocycles. The summed E-state index contributed by atoms with van der Waals surface area (Å²) in [6.45, 7) is 9.60. The predicted octanol–water partition coefficient (Wildman–Crippen LogP) is 10.1. The third-order valence-electron chi connectivity index (χ3n) is 10.3. The minimum absolute atomic E-state index is 0.289. The van der Waals surface area contributed by atoms with Gasteiger partial charge in [0, 0.05) is 23.7 Å². The van der Waals surface area contributed by atoms with Crippen LogP contribution in [0.4, 0.5) is 0 Å². The number of fused-ring (bicyclic) bond motifs is 6. The van der Waals surface area contributed by atoms with Crippen molar-refractivity contribution in [2.75, 3.05) is 0 Å². The van der Waals surface area contributed by atoms with Gasteiger partial charge in [-0.25, -0.2) is 19.9 Å². The fraction of sp³-hybridized carbons (Fsp3) is 0.353. The van der Waals surface area contributed by atoms with E-state index in [1.807, 2.05) is 0 Å². The highest BCUT2D eigenvalue weighted by Gasteiger charge is 2.43. The van der Waals surface area contributed by atoms with Gasteiger partial charge in [0.25, 0.3) is 0 Å². The lowest BCUT2D eigenvalue weighted by Gasteiger charge is -2.45. The van der Waals surface area contributed by atoms with Gasteiger partial charge in [-0.05, 0) is 70.2 Å². The maximum atomic E-state index is 5.15. The number of thioether (sulfide) groups is 4. The summed E-state index contributed by atoms with van der Waals surface area (Å²) in [6.07, 6.45) is 12.1. The van der Waals surface area contributed by atoms with E-state index in [0.717, 1.165) is 42.2 Å². The van der Waals surface area contributed by atoms with Gasteiger partial charge in [0.05, 0.1) is 30.5 Å². The van der Waals surface area contributed by atoms with Crippen molar-refractivity contribution in [3.63, 3.8) is 0 Å². The fourth-order valence-electron chi connectivity index (χ4n) is 8.22. The van der Waals surface area contributed by atoms with Crippen LogP contribution in [0.15, 0.2) is 77.1 Å². The Morgan fingerprint density at radius 2 is 0.833 bits per heavy atom. The standard InChI is InChI=1S/C34H28N4S4/c1-33(2)13-15-5-7-21(33)19-11-25-23(9-17(15)19)35-27-29(37-25)41-31(39-27)32-40-28-30(42-32)38-26-12-20-18(10-24(26)36-28)16-6-8-22(20)34(3,4)14-16/h5-12,15-16,21-22H,13-14H2,1-4H3/b32-31+. The van der Waals surface area contributed by atoms with E-state index in [1.165, 1.54) is 43.6 Å².